The fourth-order valence-corrected chi connectivity index (χ4v) is 3.96. The van der Waals surface area contributed by atoms with Crippen LogP contribution >= 0.6 is 0 Å². The Hall–Kier alpha value is -3.09. The zero-order valence-corrected chi connectivity index (χ0v) is 16.7. The molecule has 1 N–H and O–H groups in total. The quantitative estimate of drug-likeness (QED) is 0.862. The standard InChI is InChI=1S/C22H25N3O4/c1-14-10-15(2)12-16(11-14)23-20(26)17-13-18(17)21(27)24-5-7-25(8-6-24)22(28)19-4-3-9-29-19/h3-4,9-12,17-18H,5-8,13H2,1-2H3,(H,23,26). The smallest absolute Gasteiger partial charge is 0.289 e. The molecule has 1 aliphatic carbocycles. The van der Waals surface area contributed by atoms with Gasteiger partial charge < -0.3 is 19.5 Å². The van der Waals surface area contributed by atoms with E-state index in [2.05, 4.69) is 11.4 Å². The number of amides is 3. The van der Waals surface area contributed by atoms with Crippen LogP contribution in [-0.4, -0.2) is 53.7 Å². The van der Waals surface area contributed by atoms with Crippen molar-refractivity contribution in [3.8, 4) is 0 Å². The Labute approximate surface area is 169 Å². The minimum absolute atomic E-state index is 0.00988. The maximum absolute atomic E-state index is 12.8. The molecule has 1 aromatic carbocycles. The Kier molecular flexibility index (Phi) is 5.13. The van der Waals surface area contributed by atoms with Crippen molar-refractivity contribution < 1.29 is 18.8 Å². The molecule has 4 rings (SSSR count). The van der Waals surface area contributed by atoms with Crippen LogP contribution in [0.1, 0.15) is 28.1 Å². The second-order valence-electron chi connectivity index (χ2n) is 7.91. The summed E-state index contributed by atoms with van der Waals surface area (Å²) in [5.41, 5.74) is 2.95. The van der Waals surface area contributed by atoms with E-state index in [1.54, 1.807) is 21.9 Å². The minimum atomic E-state index is -0.272. The zero-order valence-electron chi connectivity index (χ0n) is 16.7. The number of nitrogens with zero attached hydrogens (tertiary/aromatic N) is 2. The molecule has 1 aromatic heterocycles. The van der Waals surface area contributed by atoms with Crippen LogP contribution in [-0.2, 0) is 9.59 Å². The fraction of sp³-hybridized carbons (Fsp3) is 0.409. The predicted octanol–water partition coefficient (Wildman–Crippen LogP) is 2.46. The van der Waals surface area contributed by atoms with Crippen molar-refractivity contribution in [2.24, 2.45) is 11.8 Å². The Balaban J connectivity index is 1.28. The fourth-order valence-electron chi connectivity index (χ4n) is 3.96. The summed E-state index contributed by atoms with van der Waals surface area (Å²) in [6, 6.07) is 9.24. The van der Waals surface area contributed by atoms with Gasteiger partial charge in [-0.25, -0.2) is 0 Å². The first-order chi connectivity index (χ1) is 13.9. The highest BCUT2D eigenvalue weighted by molar-refractivity contribution is 5.99. The van der Waals surface area contributed by atoms with E-state index in [4.69, 9.17) is 4.42 Å². The van der Waals surface area contributed by atoms with E-state index in [0.29, 0.717) is 38.4 Å². The molecular weight excluding hydrogens is 370 g/mol. The van der Waals surface area contributed by atoms with Gasteiger partial charge in [-0.15, -0.1) is 0 Å². The molecule has 7 heteroatoms. The van der Waals surface area contributed by atoms with Crippen LogP contribution in [0, 0.1) is 25.7 Å². The SMILES string of the molecule is Cc1cc(C)cc(NC(=O)C2CC2C(=O)N2CCN(C(=O)c3ccco3)CC2)c1. The number of piperazine rings is 1. The third-order valence-electron chi connectivity index (χ3n) is 5.54. The molecule has 2 heterocycles. The summed E-state index contributed by atoms with van der Waals surface area (Å²) >= 11 is 0. The van der Waals surface area contributed by atoms with Crippen LogP contribution in [0.2, 0.25) is 0 Å². The van der Waals surface area contributed by atoms with Crippen LogP contribution in [0.5, 0.6) is 0 Å². The van der Waals surface area contributed by atoms with Gasteiger partial charge in [0.05, 0.1) is 18.1 Å². The number of aryl methyl sites for hydroxylation is 2. The van der Waals surface area contributed by atoms with Crippen molar-refractivity contribution in [1.82, 2.24) is 9.80 Å². The van der Waals surface area contributed by atoms with E-state index < -0.39 is 0 Å². The lowest BCUT2D eigenvalue weighted by Gasteiger charge is -2.34. The maximum Gasteiger partial charge on any atom is 0.289 e. The molecule has 7 nitrogen and oxygen atoms in total. The molecule has 29 heavy (non-hydrogen) atoms. The molecular formula is C22H25N3O4. The molecule has 1 saturated carbocycles. The molecule has 3 amide bonds. The van der Waals surface area contributed by atoms with Gasteiger partial charge in [-0.05, 0) is 55.7 Å². The second kappa shape index (κ2) is 7.73. The van der Waals surface area contributed by atoms with Crippen molar-refractivity contribution in [2.45, 2.75) is 20.3 Å². The molecule has 0 radical (unpaired) electrons. The van der Waals surface area contributed by atoms with Gasteiger partial charge >= 0.3 is 0 Å². The maximum atomic E-state index is 12.8. The number of rotatable bonds is 4. The topological polar surface area (TPSA) is 82.9 Å². The highest BCUT2D eigenvalue weighted by atomic mass is 16.3. The van der Waals surface area contributed by atoms with E-state index >= 15 is 0 Å². The average Bonchev–Trinajstić information content (AvgIpc) is 3.31. The van der Waals surface area contributed by atoms with Gasteiger partial charge in [0, 0.05) is 31.9 Å². The molecule has 0 spiro atoms. The number of benzene rings is 1. The normalized spacial score (nSPS) is 21.0. The number of hydrogen-bond donors (Lipinski definition) is 1. The number of nitrogens with one attached hydrogen (secondary N) is 1. The second-order valence-corrected chi connectivity index (χ2v) is 7.91. The Bertz CT molecular complexity index is 909. The summed E-state index contributed by atoms with van der Waals surface area (Å²) in [4.78, 5) is 41.1. The Morgan fingerprint density at radius 2 is 1.62 bits per heavy atom. The van der Waals surface area contributed by atoms with Crippen molar-refractivity contribution in [1.29, 1.82) is 0 Å². The van der Waals surface area contributed by atoms with E-state index in [-0.39, 0.29) is 29.6 Å². The highest BCUT2D eigenvalue weighted by Gasteiger charge is 2.49. The minimum Gasteiger partial charge on any atom is -0.459 e. The van der Waals surface area contributed by atoms with Gasteiger partial charge in [0.1, 0.15) is 0 Å². The number of hydrogen-bond acceptors (Lipinski definition) is 4. The van der Waals surface area contributed by atoms with Crippen molar-refractivity contribution >= 4 is 23.4 Å². The number of carbonyl (C=O) groups is 3. The molecule has 2 fully saturated rings. The van der Waals surface area contributed by atoms with Crippen LogP contribution in [0.15, 0.2) is 41.0 Å². The molecule has 1 aliphatic heterocycles. The lowest BCUT2D eigenvalue weighted by molar-refractivity contribution is -0.135. The number of anilines is 1. The monoisotopic (exact) mass is 395 g/mol. The third-order valence-corrected chi connectivity index (χ3v) is 5.54. The van der Waals surface area contributed by atoms with Crippen LogP contribution in [0.3, 0.4) is 0 Å². The molecule has 2 unspecified atom stereocenters. The lowest BCUT2D eigenvalue weighted by Crippen LogP contribution is -2.51. The number of furan rings is 1. The van der Waals surface area contributed by atoms with Crippen LogP contribution in [0.4, 0.5) is 5.69 Å². The van der Waals surface area contributed by atoms with Crippen LogP contribution in [0.25, 0.3) is 0 Å². The molecule has 0 bridgehead atoms. The van der Waals surface area contributed by atoms with Crippen LogP contribution < -0.4 is 5.32 Å². The van der Waals surface area contributed by atoms with Gasteiger partial charge in [0.15, 0.2) is 5.76 Å². The average molecular weight is 395 g/mol. The van der Waals surface area contributed by atoms with Crippen molar-refractivity contribution in [3.05, 3.63) is 53.5 Å². The van der Waals surface area contributed by atoms with Crippen molar-refractivity contribution in [2.75, 3.05) is 31.5 Å². The summed E-state index contributed by atoms with van der Waals surface area (Å²) in [7, 11) is 0. The summed E-state index contributed by atoms with van der Waals surface area (Å²) < 4.78 is 5.16. The molecule has 1 saturated heterocycles. The Morgan fingerprint density at radius 1 is 0.966 bits per heavy atom. The molecule has 152 valence electrons. The van der Waals surface area contributed by atoms with E-state index in [1.165, 1.54) is 6.26 Å². The Morgan fingerprint density at radius 3 is 2.24 bits per heavy atom. The first-order valence-electron chi connectivity index (χ1n) is 9.93. The molecule has 2 aromatic rings. The van der Waals surface area contributed by atoms with E-state index in [0.717, 1.165) is 16.8 Å². The largest absolute Gasteiger partial charge is 0.459 e. The van der Waals surface area contributed by atoms with Gasteiger partial charge in [0.25, 0.3) is 5.91 Å². The zero-order chi connectivity index (χ0) is 20.5. The van der Waals surface area contributed by atoms with E-state index in [9.17, 15) is 14.4 Å². The molecule has 2 aliphatic rings. The first kappa shape index (κ1) is 19.2. The summed E-state index contributed by atoms with van der Waals surface area (Å²) in [5.74, 6) is -0.454. The van der Waals surface area contributed by atoms with Gasteiger partial charge in [-0.2, -0.15) is 0 Å². The number of carbonyl (C=O) groups excluding carboxylic acids is 3. The van der Waals surface area contributed by atoms with Gasteiger partial charge in [-0.3, -0.25) is 14.4 Å². The van der Waals surface area contributed by atoms with Gasteiger partial charge in [-0.1, -0.05) is 6.07 Å². The van der Waals surface area contributed by atoms with Crippen molar-refractivity contribution in [3.63, 3.8) is 0 Å². The van der Waals surface area contributed by atoms with Gasteiger partial charge in [0.2, 0.25) is 11.8 Å². The van der Waals surface area contributed by atoms with E-state index in [1.807, 2.05) is 26.0 Å². The summed E-state index contributed by atoms with van der Waals surface area (Å²) in [5, 5.41) is 2.94. The molecule has 2 atom stereocenters. The third kappa shape index (κ3) is 4.18. The summed E-state index contributed by atoms with van der Waals surface area (Å²) in [6.45, 7) is 5.88. The lowest BCUT2D eigenvalue weighted by atomic mass is 10.1. The predicted molar refractivity (Wildman–Crippen MR) is 107 cm³/mol. The first-order valence-corrected chi connectivity index (χ1v) is 9.93. The summed E-state index contributed by atoms with van der Waals surface area (Å²) in [6.07, 6.45) is 2.06. The highest BCUT2D eigenvalue weighted by Crippen LogP contribution is 2.41.